The van der Waals surface area contributed by atoms with Crippen LogP contribution in [0.15, 0.2) is 47.1 Å². The molecule has 1 N–H and O–H groups in total. The molecule has 0 aliphatic heterocycles. The third-order valence-electron chi connectivity index (χ3n) is 2.13. The minimum atomic E-state index is -0.979. The molecule has 0 fully saturated rings. The lowest BCUT2D eigenvalue weighted by atomic mass is 10.1. The van der Waals surface area contributed by atoms with Gasteiger partial charge < -0.3 is 5.11 Å². The first-order valence-corrected chi connectivity index (χ1v) is 5.42. The average molecular weight is 278 g/mol. The number of rotatable bonds is 2. The first kappa shape index (κ1) is 10.8. The van der Waals surface area contributed by atoms with Crippen LogP contribution in [0.3, 0.4) is 0 Å². The zero-order valence-electron chi connectivity index (χ0n) is 8.22. The second kappa shape index (κ2) is 4.45. The summed E-state index contributed by atoms with van der Waals surface area (Å²) in [6, 6.07) is 10.8. The van der Waals surface area contributed by atoms with Crippen LogP contribution >= 0.6 is 15.9 Å². The van der Waals surface area contributed by atoms with Crippen molar-refractivity contribution in [2.45, 2.75) is 0 Å². The van der Waals surface area contributed by atoms with E-state index in [1.807, 2.05) is 30.3 Å². The van der Waals surface area contributed by atoms with Gasteiger partial charge in [0.1, 0.15) is 0 Å². The fraction of sp³-hybridized carbons (Fsp3) is 0. The molecule has 0 saturated heterocycles. The Labute approximate surface area is 101 Å². The third kappa shape index (κ3) is 2.12. The highest BCUT2D eigenvalue weighted by Gasteiger charge is 2.13. The van der Waals surface area contributed by atoms with E-state index in [4.69, 9.17) is 5.11 Å². The fourth-order valence-corrected chi connectivity index (χ4v) is 1.76. The number of aromatic nitrogens is 1. The number of nitrogens with zero attached hydrogens (tertiary/aromatic N) is 1. The number of hydrogen-bond acceptors (Lipinski definition) is 2. The molecule has 0 aliphatic rings. The summed E-state index contributed by atoms with van der Waals surface area (Å²) >= 11 is 3.21. The van der Waals surface area contributed by atoms with Crippen LogP contribution in [0.1, 0.15) is 10.4 Å². The molecule has 0 aliphatic carbocycles. The van der Waals surface area contributed by atoms with E-state index in [9.17, 15) is 4.79 Å². The van der Waals surface area contributed by atoms with Gasteiger partial charge >= 0.3 is 5.97 Å². The van der Waals surface area contributed by atoms with Crippen LogP contribution in [0.2, 0.25) is 0 Å². The van der Waals surface area contributed by atoms with Crippen molar-refractivity contribution in [3.8, 4) is 11.3 Å². The highest BCUT2D eigenvalue weighted by atomic mass is 79.9. The summed E-state index contributed by atoms with van der Waals surface area (Å²) in [5, 5.41) is 9.09. The van der Waals surface area contributed by atoms with E-state index < -0.39 is 5.97 Å². The van der Waals surface area contributed by atoms with E-state index >= 15 is 0 Å². The van der Waals surface area contributed by atoms with Crippen molar-refractivity contribution < 1.29 is 9.90 Å². The molecule has 3 nitrogen and oxygen atoms in total. The summed E-state index contributed by atoms with van der Waals surface area (Å²) in [4.78, 5) is 15.2. The zero-order chi connectivity index (χ0) is 11.5. The van der Waals surface area contributed by atoms with Crippen LogP contribution in [0.5, 0.6) is 0 Å². The van der Waals surface area contributed by atoms with Gasteiger partial charge in [-0.05, 0) is 22.0 Å². The van der Waals surface area contributed by atoms with Crippen LogP contribution in [0.25, 0.3) is 11.3 Å². The maximum Gasteiger partial charge on any atom is 0.337 e. The lowest BCUT2D eigenvalue weighted by molar-refractivity contribution is 0.0697. The Balaban J connectivity index is 2.61. The van der Waals surface area contributed by atoms with Crippen molar-refractivity contribution in [1.29, 1.82) is 0 Å². The zero-order valence-corrected chi connectivity index (χ0v) is 9.81. The third-order valence-corrected chi connectivity index (χ3v) is 2.57. The van der Waals surface area contributed by atoms with E-state index in [1.165, 1.54) is 0 Å². The molecule has 0 spiro atoms. The van der Waals surface area contributed by atoms with Gasteiger partial charge in [-0.2, -0.15) is 0 Å². The van der Waals surface area contributed by atoms with Crippen molar-refractivity contribution in [1.82, 2.24) is 4.98 Å². The maximum absolute atomic E-state index is 11.1. The lowest BCUT2D eigenvalue weighted by Crippen LogP contribution is -2.01. The number of benzene rings is 1. The Kier molecular flexibility index (Phi) is 3.01. The van der Waals surface area contributed by atoms with Crippen molar-refractivity contribution in [2.75, 3.05) is 0 Å². The summed E-state index contributed by atoms with van der Waals surface area (Å²) in [6.45, 7) is 0. The van der Waals surface area contributed by atoms with Crippen LogP contribution in [0.4, 0.5) is 0 Å². The van der Waals surface area contributed by atoms with E-state index in [0.717, 1.165) is 5.56 Å². The Hall–Kier alpha value is -1.68. The summed E-state index contributed by atoms with van der Waals surface area (Å²) < 4.78 is 0.657. The molecule has 1 aromatic heterocycles. The Morgan fingerprint density at radius 2 is 1.94 bits per heavy atom. The second-order valence-corrected chi connectivity index (χ2v) is 4.14. The molecule has 4 heteroatoms. The first-order chi connectivity index (χ1) is 7.68. The van der Waals surface area contributed by atoms with Gasteiger partial charge in [0.15, 0.2) is 0 Å². The van der Waals surface area contributed by atoms with Crippen molar-refractivity contribution in [3.63, 3.8) is 0 Å². The molecular formula is C12H8BrNO2. The normalized spacial score (nSPS) is 10.1. The van der Waals surface area contributed by atoms with E-state index in [-0.39, 0.29) is 5.56 Å². The molecule has 80 valence electrons. The SMILES string of the molecule is O=C(O)c1cc(Br)cnc1-c1ccccc1. The van der Waals surface area contributed by atoms with E-state index in [1.54, 1.807) is 12.3 Å². The molecule has 16 heavy (non-hydrogen) atoms. The molecule has 1 aromatic carbocycles. The number of halogens is 1. The van der Waals surface area contributed by atoms with Gasteiger partial charge in [-0.25, -0.2) is 4.79 Å². The number of aromatic carboxylic acids is 1. The van der Waals surface area contributed by atoms with Gasteiger partial charge in [-0.1, -0.05) is 30.3 Å². The smallest absolute Gasteiger partial charge is 0.337 e. The van der Waals surface area contributed by atoms with Crippen molar-refractivity contribution in [2.24, 2.45) is 0 Å². The molecule has 1 heterocycles. The van der Waals surface area contributed by atoms with Crippen molar-refractivity contribution in [3.05, 3.63) is 52.6 Å². The number of carboxylic acids is 1. The topological polar surface area (TPSA) is 50.2 Å². The summed E-state index contributed by atoms with van der Waals surface area (Å²) in [7, 11) is 0. The monoisotopic (exact) mass is 277 g/mol. The number of pyridine rings is 1. The fourth-order valence-electron chi connectivity index (χ4n) is 1.43. The minimum Gasteiger partial charge on any atom is -0.478 e. The van der Waals surface area contributed by atoms with E-state index in [0.29, 0.717) is 10.2 Å². The van der Waals surface area contributed by atoms with Gasteiger partial charge in [0.2, 0.25) is 0 Å². The predicted molar refractivity (Wildman–Crippen MR) is 64.3 cm³/mol. The molecule has 0 bridgehead atoms. The highest BCUT2D eigenvalue weighted by molar-refractivity contribution is 9.10. The lowest BCUT2D eigenvalue weighted by Gasteiger charge is -2.05. The van der Waals surface area contributed by atoms with Gasteiger partial charge in [0.05, 0.1) is 11.3 Å². The van der Waals surface area contributed by atoms with Crippen LogP contribution < -0.4 is 0 Å². The quantitative estimate of drug-likeness (QED) is 0.917. The Morgan fingerprint density at radius 3 is 2.56 bits per heavy atom. The summed E-state index contributed by atoms with van der Waals surface area (Å²) in [6.07, 6.45) is 1.59. The molecule has 0 atom stereocenters. The summed E-state index contributed by atoms with van der Waals surface area (Å²) in [5.74, 6) is -0.979. The molecular weight excluding hydrogens is 270 g/mol. The van der Waals surface area contributed by atoms with Crippen LogP contribution in [0, 0.1) is 0 Å². The molecule has 0 radical (unpaired) electrons. The molecule has 0 unspecified atom stereocenters. The molecule has 0 saturated carbocycles. The van der Waals surface area contributed by atoms with Crippen molar-refractivity contribution >= 4 is 21.9 Å². The molecule has 0 amide bonds. The van der Waals surface area contributed by atoms with E-state index in [2.05, 4.69) is 20.9 Å². The number of hydrogen-bond donors (Lipinski definition) is 1. The van der Waals surface area contributed by atoms with Crippen LogP contribution in [-0.2, 0) is 0 Å². The van der Waals surface area contributed by atoms with Gasteiger partial charge in [0.25, 0.3) is 0 Å². The minimum absolute atomic E-state index is 0.195. The molecule has 2 aromatic rings. The molecule has 2 rings (SSSR count). The standard InChI is InChI=1S/C12H8BrNO2/c13-9-6-10(12(15)16)11(14-7-9)8-4-2-1-3-5-8/h1-7H,(H,15,16). The predicted octanol–water partition coefficient (Wildman–Crippen LogP) is 3.21. The Bertz CT molecular complexity index is 526. The first-order valence-electron chi connectivity index (χ1n) is 4.63. The summed E-state index contributed by atoms with van der Waals surface area (Å²) in [5.41, 5.74) is 1.48. The average Bonchev–Trinajstić information content (AvgIpc) is 2.30. The van der Waals surface area contributed by atoms with Gasteiger partial charge in [0, 0.05) is 16.2 Å². The largest absolute Gasteiger partial charge is 0.478 e. The Morgan fingerprint density at radius 1 is 1.25 bits per heavy atom. The van der Waals surface area contributed by atoms with Gasteiger partial charge in [-0.3, -0.25) is 4.98 Å². The highest BCUT2D eigenvalue weighted by Crippen LogP contribution is 2.23. The van der Waals surface area contributed by atoms with Gasteiger partial charge in [-0.15, -0.1) is 0 Å². The number of carbonyl (C=O) groups is 1. The second-order valence-electron chi connectivity index (χ2n) is 3.22. The number of carboxylic acid groups (broad SMARTS) is 1. The van der Waals surface area contributed by atoms with Crippen LogP contribution in [-0.4, -0.2) is 16.1 Å². The maximum atomic E-state index is 11.1.